The fourth-order valence-electron chi connectivity index (χ4n) is 4.84. The predicted molar refractivity (Wildman–Crippen MR) is 137 cm³/mol. The standard InChI is InChI=1S/C30H28FNO4/c31-23-12-9-20(10-13-23)27(34)15-16-29-30(32(19-36-29)24-6-2-1-3-7-24)26-14-11-22(18-28(26)35)21-5-4-8-25(33)17-21/h1-14,17-18,27,29-30,33-35H,15-16,19H2. The zero-order valence-corrected chi connectivity index (χ0v) is 19.7. The first-order chi connectivity index (χ1) is 17.5. The van der Waals surface area contributed by atoms with Gasteiger partial charge in [0, 0.05) is 11.3 Å². The van der Waals surface area contributed by atoms with E-state index in [1.165, 1.54) is 12.1 Å². The number of phenolic OH excluding ortho intramolecular Hbond substituents is 2. The number of aliphatic hydroxyl groups excluding tert-OH is 1. The number of aliphatic hydroxyl groups is 1. The number of hydrogen-bond donors (Lipinski definition) is 3. The van der Waals surface area contributed by atoms with E-state index in [2.05, 4.69) is 4.90 Å². The Morgan fingerprint density at radius 2 is 1.61 bits per heavy atom. The van der Waals surface area contributed by atoms with Crippen molar-refractivity contribution in [2.45, 2.75) is 31.1 Å². The second-order valence-electron chi connectivity index (χ2n) is 9.05. The van der Waals surface area contributed by atoms with Gasteiger partial charge < -0.3 is 25.0 Å². The summed E-state index contributed by atoms with van der Waals surface area (Å²) in [5, 5.41) is 31.6. The lowest BCUT2D eigenvalue weighted by molar-refractivity contribution is 0.0746. The molecule has 0 saturated carbocycles. The monoisotopic (exact) mass is 485 g/mol. The SMILES string of the molecule is Oc1cccc(-c2ccc(C3C(CCC(O)c4ccc(F)cc4)OCN3c3ccccc3)c(O)c2)c1. The van der Waals surface area contributed by atoms with Crippen LogP contribution in [0.5, 0.6) is 11.5 Å². The van der Waals surface area contributed by atoms with Crippen LogP contribution in [0, 0.1) is 5.82 Å². The molecule has 1 fully saturated rings. The third-order valence-corrected chi connectivity index (χ3v) is 6.71. The molecule has 184 valence electrons. The summed E-state index contributed by atoms with van der Waals surface area (Å²) >= 11 is 0. The molecule has 1 aliphatic heterocycles. The van der Waals surface area contributed by atoms with E-state index in [4.69, 9.17) is 4.74 Å². The van der Waals surface area contributed by atoms with E-state index in [-0.39, 0.29) is 29.5 Å². The number of benzene rings is 4. The van der Waals surface area contributed by atoms with E-state index < -0.39 is 6.10 Å². The lowest BCUT2D eigenvalue weighted by Crippen LogP contribution is -2.27. The van der Waals surface area contributed by atoms with Crippen LogP contribution in [0.1, 0.15) is 36.1 Å². The van der Waals surface area contributed by atoms with Crippen LogP contribution in [0.4, 0.5) is 10.1 Å². The van der Waals surface area contributed by atoms with Gasteiger partial charge in [0.05, 0.1) is 18.2 Å². The van der Waals surface area contributed by atoms with Gasteiger partial charge in [-0.25, -0.2) is 4.39 Å². The molecule has 4 aromatic rings. The predicted octanol–water partition coefficient (Wildman–Crippen LogP) is 6.32. The fourth-order valence-corrected chi connectivity index (χ4v) is 4.84. The highest BCUT2D eigenvalue weighted by Gasteiger charge is 2.38. The molecule has 3 N–H and O–H groups in total. The molecule has 0 spiro atoms. The molecular weight excluding hydrogens is 457 g/mol. The summed E-state index contributed by atoms with van der Waals surface area (Å²) in [4.78, 5) is 2.11. The van der Waals surface area contributed by atoms with Crippen molar-refractivity contribution in [1.29, 1.82) is 0 Å². The Bertz CT molecular complexity index is 1310. The average Bonchev–Trinajstić information content (AvgIpc) is 3.32. The number of ether oxygens (including phenoxy) is 1. The summed E-state index contributed by atoms with van der Waals surface area (Å²) in [6.07, 6.45) is -0.0575. The Morgan fingerprint density at radius 1 is 0.861 bits per heavy atom. The van der Waals surface area contributed by atoms with Crippen molar-refractivity contribution >= 4 is 5.69 Å². The van der Waals surface area contributed by atoms with Crippen molar-refractivity contribution in [2.75, 3.05) is 11.6 Å². The molecule has 0 bridgehead atoms. The summed E-state index contributed by atoms with van der Waals surface area (Å²) in [6, 6.07) is 27.9. The van der Waals surface area contributed by atoms with E-state index in [0.717, 1.165) is 22.4 Å². The molecule has 5 nitrogen and oxygen atoms in total. The molecule has 0 aromatic heterocycles. The quantitative estimate of drug-likeness (QED) is 0.286. The molecular formula is C30H28FNO4. The van der Waals surface area contributed by atoms with Crippen LogP contribution in [0.3, 0.4) is 0 Å². The van der Waals surface area contributed by atoms with E-state index in [1.54, 1.807) is 36.4 Å². The van der Waals surface area contributed by atoms with Crippen molar-refractivity contribution in [3.05, 3.63) is 114 Å². The molecule has 0 aliphatic carbocycles. The topological polar surface area (TPSA) is 73.2 Å². The molecule has 3 unspecified atom stereocenters. The maximum atomic E-state index is 13.3. The van der Waals surface area contributed by atoms with Crippen LogP contribution < -0.4 is 4.90 Å². The highest BCUT2D eigenvalue weighted by Crippen LogP contribution is 2.43. The van der Waals surface area contributed by atoms with Crippen LogP contribution in [0.2, 0.25) is 0 Å². The van der Waals surface area contributed by atoms with E-state index >= 15 is 0 Å². The maximum Gasteiger partial charge on any atom is 0.123 e. The van der Waals surface area contributed by atoms with E-state index in [9.17, 15) is 19.7 Å². The first kappa shape index (κ1) is 23.9. The van der Waals surface area contributed by atoms with Crippen LogP contribution in [-0.4, -0.2) is 28.2 Å². The third-order valence-electron chi connectivity index (χ3n) is 6.71. The van der Waals surface area contributed by atoms with Crippen molar-refractivity contribution in [2.24, 2.45) is 0 Å². The lowest BCUT2D eigenvalue weighted by Gasteiger charge is -2.29. The van der Waals surface area contributed by atoms with Gasteiger partial charge in [-0.1, -0.05) is 54.6 Å². The maximum absolute atomic E-state index is 13.3. The third kappa shape index (κ3) is 5.05. The summed E-state index contributed by atoms with van der Waals surface area (Å²) in [6.45, 7) is 0.347. The molecule has 0 radical (unpaired) electrons. The van der Waals surface area contributed by atoms with Crippen molar-refractivity contribution < 1.29 is 24.4 Å². The number of phenols is 2. The number of hydrogen-bond acceptors (Lipinski definition) is 5. The first-order valence-corrected chi connectivity index (χ1v) is 12.0. The number of aromatic hydroxyl groups is 2. The van der Waals surface area contributed by atoms with Crippen LogP contribution in [-0.2, 0) is 4.74 Å². The second-order valence-corrected chi connectivity index (χ2v) is 9.05. The zero-order valence-electron chi connectivity index (χ0n) is 19.7. The normalized spacial score (nSPS) is 18.3. The summed E-state index contributed by atoms with van der Waals surface area (Å²) in [5.41, 5.74) is 3.95. The highest BCUT2D eigenvalue weighted by molar-refractivity contribution is 5.68. The molecule has 0 amide bonds. The number of para-hydroxylation sites is 1. The molecule has 1 saturated heterocycles. The number of anilines is 1. The minimum atomic E-state index is -0.748. The molecule has 4 aromatic carbocycles. The summed E-state index contributed by atoms with van der Waals surface area (Å²) in [5.74, 6) is -0.0417. The number of rotatable bonds is 7. The Morgan fingerprint density at radius 3 is 2.33 bits per heavy atom. The number of halogens is 1. The molecule has 5 rings (SSSR count). The van der Waals surface area contributed by atoms with Gasteiger partial charge >= 0.3 is 0 Å². The van der Waals surface area contributed by atoms with E-state index in [0.29, 0.717) is 25.1 Å². The lowest BCUT2D eigenvalue weighted by atomic mass is 9.92. The van der Waals surface area contributed by atoms with Gasteiger partial charge in [-0.2, -0.15) is 0 Å². The van der Waals surface area contributed by atoms with Crippen LogP contribution >= 0.6 is 0 Å². The smallest absolute Gasteiger partial charge is 0.123 e. The minimum Gasteiger partial charge on any atom is -0.508 e. The number of nitrogens with zero attached hydrogens (tertiary/aromatic N) is 1. The van der Waals surface area contributed by atoms with Crippen LogP contribution in [0.25, 0.3) is 11.1 Å². The summed E-state index contributed by atoms with van der Waals surface area (Å²) in [7, 11) is 0. The van der Waals surface area contributed by atoms with Gasteiger partial charge in [-0.15, -0.1) is 0 Å². The Labute approximate surface area is 209 Å². The van der Waals surface area contributed by atoms with Gasteiger partial charge in [0.15, 0.2) is 0 Å². The van der Waals surface area contributed by atoms with Crippen LogP contribution in [0.15, 0.2) is 97.1 Å². The molecule has 3 atom stereocenters. The van der Waals surface area contributed by atoms with Gasteiger partial charge in [-0.3, -0.25) is 0 Å². The Kier molecular flexibility index (Phi) is 6.89. The first-order valence-electron chi connectivity index (χ1n) is 12.0. The highest BCUT2D eigenvalue weighted by atomic mass is 19.1. The Hall–Kier alpha value is -3.87. The summed E-state index contributed by atoms with van der Waals surface area (Å²) < 4.78 is 19.5. The minimum absolute atomic E-state index is 0.136. The van der Waals surface area contributed by atoms with Gasteiger partial charge in [0.1, 0.15) is 24.0 Å². The van der Waals surface area contributed by atoms with Crippen molar-refractivity contribution in [1.82, 2.24) is 0 Å². The molecule has 36 heavy (non-hydrogen) atoms. The van der Waals surface area contributed by atoms with E-state index in [1.807, 2.05) is 48.5 Å². The average molecular weight is 486 g/mol. The molecule has 1 aliphatic rings. The second kappa shape index (κ2) is 10.4. The van der Waals surface area contributed by atoms with Crippen molar-refractivity contribution in [3.8, 4) is 22.6 Å². The van der Waals surface area contributed by atoms with Crippen molar-refractivity contribution in [3.63, 3.8) is 0 Å². The van der Waals surface area contributed by atoms with Gasteiger partial charge in [-0.05, 0) is 72.0 Å². The fraction of sp³-hybridized carbons (Fsp3) is 0.200. The van der Waals surface area contributed by atoms with Gasteiger partial charge in [0.25, 0.3) is 0 Å². The zero-order chi connectivity index (χ0) is 25.1. The largest absolute Gasteiger partial charge is 0.508 e. The Balaban J connectivity index is 1.42. The van der Waals surface area contributed by atoms with Gasteiger partial charge in [0.2, 0.25) is 0 Å². The molecule has 6 heteroatoms. The molecule has 1 heterocycles.